The average Bonchev–Trinajstić information content (AvgIpc) is 2.24. The highest BCUT2D eigenvalue weighted by molar-refractivity contribution is 9.10. The number of nitrogens with zero attached hydrogens (tertiary/aromatic N) is 2. The van der Waals surface area contributed by atoms with Gasteiger partial charge in [-0.25, -0.2) is 4.98 Å². The van der Waals surface area contributed by atoms with Crippen molar-refractivity contribution < 1.29 is 0 Å². The Balaban J connectivity index is 2.41. The zero-order chi connectivity index (χ0) is 11.1. The third kappa shape index (κ3) is 4.00. The number of unbranched alkanes of at least 4 members (excludes halogenated alkanes) is 3. The second-order valence-corrected chi connectivity index (χ2v) is 4.23. The van der Waals surface area contributed by atoms with Gasteiger partial charge in [-0.1, -0.05) is 12.5 Å². The molecular formula is C11H15BrN2O. The van der Waals surface area contributed by atoms with Gasteiger partial charge in [-0.2, -0.15) is 0 Å². The molecule has 1 rings (SSSR count). The van der Waals surface area contributed by atoms with E-state index in [2.05, 4.69) is 27.5 Å². The van der Waals surface area contributed by atoms with E-state index in [1.807, 2.05) is 6.08 Å². The van der Waals surface area contributed by atoms with E-state index in [1.54, 1.807) is 10.9 Å². The van der Waals surface area contributed by atoms with Gasteiger partial charge in [0.1, 0.15) is 4.47 Å². The minimum absolute atomic E-state index is 0.00581. The van der Waals surface area contributed by atoms with E-state index >= 15 is 0 Å². The van der Waals surface area contributed by atoms with Gasteiger partial charge < -0.3 is 0 Å². The van der Waals surface area contributed by atoms with E-state index in [-0.39, 0.29) is 5.56 Å². The summed E-state index contributed by atoms with van der Waals surface area (Å²) >= 11 is 3.17. The predicted octanol–water partition coefficient (Wildman–Crippen LogP) is 2.75. The lowest BCUT2D eigenvalue weighted by Gasteiger charge is -2.04. The number of allylic oxidation sites excluding steroid dienone is 1. The number of halogens is 1. The first-order chi connectivity index (χ1) is 7.25. The van der Waals surface area contributed by atoms with Gasteiger partial charge in [-0.05, 0) is 35.2 Å². The highest BCUT2D eigenvalue weighted by Crippen LogP contribution is 2.03. The van der Waals surface area contributed by atoms with Crippen molar-refractivity contribution in [3.63, 3.8) is 0 Å². The van der Waals surface area contributed by atoms with Crippen molar-refractivity contribution in [3.8, 4) is 0 Å². The van der Waals surface area contributed by atoms with Crippen LogP contribution < -0.4 is 5.56 Å². The summed E-state index contributed by atoms with van der Waals surface area (Å²) in [4.78, 5) is 15.5. The molecule has 0 fully saturated rings. The van der Waals surface area contributed by atoms with Gasteiger partial charge in [-0.3, -0.25) is 9.36 Å². The van der Waals surface area contributed by atoms with Crippen LogP contribution in [-0.2, 0) is 6.54 Å². The molecule has 0 radical (unpaired) electrons. The molecule has 0 unspecified atom stereocenters. The number of aromatic nitrogens is 2. The molecule has 0 aromatic carbocycles. The highest BCUT2D eigenvalue weighted by atomic mass is 79.9. The molecule has 0 amide bonds. The van der Waals surface area contributed by atoms with Gasteiger partial charge in [0.15, 0.2) is 0 Å². The van der Waals surface area contributed by atoms with E-state index < -0.39 is 0 Å². The Bertz CT molecular complexity index is 373. The van der Waals surface area contributed by atoms with Crippen LogP contribution in [0.2, 0.25) is 0 Å². The van der Waals surface area contributed by atoms with Crippen LogP contribution in [0.25, 0.3) is 0 Å². The van der Waals surface area contributed by atoms with Crippen LogP contribution in [0.4, 0.5) is 0 Å². The Hall–Kier alpha value is -0.900. The minimum atomic E-state index is -0.00581. The molecule has 82 valence electrons. The summed E-state index contributed by atoms with van der Waals surface area (Å²) in [5, 5.41) is 0. The maximum Gasteiger partial charge on any atom is 0.267 e. The third-order valence-corrected chi connectivity index (χ3v) is 2.71. The maximum absolute atomic E-state index is 11.5. The molecule has 0 spiro atoms. The van der Waals surface area contributed by atoms with Gasteiger partial charge in [0, 0.05) is 12.7 Å². The van der Waals surface area contributed by atoms with Crippen LogP contribution in [0.5, 0.6) is 0 Å². The number of aryl methyl sites for hydroxylation is 1. The Morgan fingerprint density at radius 3 is 3.00 bits per heavy atom. The van der Waals surface area contributed by atoms with E-state index in [1.165, 1.54) is 6.20 Å². The summed E-state index contributed by atoms with van der Waals surface area (Å²) in [6.45, 7) is 4.41. The fourth-order valence-electron chi connectivity index (χ4n) is 1.33. The van der Waals surface area contributed by atoms with Crippen LogP contribution in [0.3, 0.4) is 0 Å². The normalized spacial score (nSPS) is 10.2. The first-order valence-corrected chi connectivity index (χ1v) is 5.86. The second-order valence-electron chi connectivity index (χ2n) is 3.38. The molecule has 0 atom stereocenters. The lowest BCUT2D eigenvalue weighted by atomic mass is 10.2. The van der Waals surface area contributed by atoms with Gasteiger partial charge in [0.2, 0.25) is 0 Å². The van der Waals surface area contributed by atoms with Crippen molar-refractivity contribution in [3.05, 3.63) is 40.0 Å². The summed E-state index contributed by atoms with van der Waals surface area (Å²) in [6.07, 6.45) is 9.34. The van der Waals surface area contributed by atoms with E-state index in [9.17, 15) is 4.79 Å². The molecule has 3 nitrogen and oxygen atoms in total. The van der Waals surface area contributed by atoms with Crippen LogP contribution in [-0.4, -0.2) is 9.55 Å². The van der Waals surface area contributed by atoms with Crippen molar-refractivity contribution >= 4 is 15.9 Å². The summed E-state index contributed by atoms with van der Waals surface area (Å²) in [5.74, 6) is 0. The Kier molecular flexibility index (Phi) is 5.32. The molecule has 1 aromatic heterocycles. The molecule has 0 saturated carbocycles. The number of hydrogen-bond donors (Lipinski definition) is 0. The molecule has 0 aliphatic heterocycles. The Morgan fingerprint density at radius 1 is 1.47 bits per heavy atom. The average molecular weight is 271 g/mol. The van der Waals surface area contributed by atoms with Gasteiger partial charge >= 0.3 is 0 Å². The summed E-state index contributed by atoms with van der Waals surface area (Å²) in [6, 6.07) is 0. The molecule has 4 heteroatoms. The lowest BCUT2D eigenvalue weighted by Crippen LogP contribution is -2.20. The van der Waals surface area contributed by atoms with Crippen molar-refractivity contribution in [1.82, 2.24) is 9.55 Å². The maximum atomic E-state index is 11.5. The number of hydrogen-bond acceptors (Lipinski definition) is 2. The standard InChI is InChI=1S/C11H15BrN2O/c1-2-3-4-5-6-7-14-9-13-8-10(12)11(14)15/h2,8-9H,1,3-7H2. The molecule has 1 aromatic rings. The summed E-state index contributed by atoms with van der Waals surface area (Å²) in [7, 11) is 0. The zero-order valence-electron chi connectivity index (χ0n) is 8.66. The molecule has 0 saturated heterocycles. The lowest BCUT2D eigenvalue weighted by molar-refractivity contribution is 0.569. The van der Waals surface area contributed by atoms with E-state index in [4.69, 9.17) is 0 Å². The van der Waals surface area contributed by atoms with Gasteiger partial charge in [-0.15, -0.1) is 6.58 Å². The summed E-state index contributed by atoms with van der Waals surface area (Å²) in [5.41, 5.74) is -0.00581. The minimum Gasteiger partial charge on any atom is -0.298 e. The molecule has 1 heterocycles. The topological polar surface area (TPSA) is 34.9 Å². The van der Waals surface area contributed by atoms with Crippen molar-refractivity contribution in [2.75, 3.05) is 0 Å². The third-order valence-electron chi connectivity index (χ3n) is 2.17. The number of rotatable bonds is 6. The molecule has 0 N–H and O–H groups in total. The Morgan fingerprint density at radius 2 is 2.27 bits per heavy atom. The van der Waals surface area contributed by atoms with Crippen LogP contribution in [0, 0.1) is 0 Å². The second kappa shape index (κ2) is 6.56. The van der Waals surface area contributed by atoms with Crippen LogP contribution in [0.1, 0.15) is 25.7 Å². The molecule has 0 aliphatic rings. The van der Waals surface area contributed by atoms with E-state index in [0.717, 1.165) is 32.2 Å². The fourth-order valence-corrected chi connectivity index (χ4v) is 1.68. The van der Waals surface area contributed by atoms with Gasteiger partial charge in [0.05, 0.1) is 6.33 Å². The molecule has 15 heavy (non-hydrogen) atoms. The molecular weight excluding hydrogens is 256 g/mol. The van der Waals surface area contributed by atoms with Gasteiger partial charge in [0.25, 0.3) is 5.56 Å². The SMILES string of the molecule is C=CCCCCCn1cncc(Br)c1=O. The van der Waals surface area contributed by atoms with Crippen LogP contribution in [0.15, 0.2) is 34.4 Å². The fraction of sp³-hybridized carbons (Fsp3) is 0.455. The highest BCUT2D eigenvalue weighted by Gasteiger charge is 1.99. The first-order valence-electron chi connectivity index (χ1n) is 5.06. The Labute approximate surface area is 98.0 Å². The molecule has 0 bridgehead atoms. The van der Waals surface area contributed by atoms with Crippen molar-refractivity contribution in [1.29, 1.82) is 0 Å². The quantitative estimate of drug-likeness (QED) is 0.589. The molecule has 0 aliphatic carbocycles. The van der Waals surface area contributed by atoms with Crippen molar-refractivity contribution in [2.24, 2.45) is 0 Å². The van der Waals surface area contributed by atoms with Crippen molar-refractivity contribution in [2.45, 2.75) is 32.2 Å². The van der Waals surface area contributed by atoms with Crippen LogP contribution >= 0.6 is 15.9 Å². The first kappa shape index (κ1) is 12.2. The summed E-state index contributed by atoms with van der Waals surface area (Å²) < 4.78 is 2.16. The smallest absolute Gasteiger partial charge is 0.267 e. The zero-order valence-corrected chi connectivity index (χ0v) is 10.2. The monoisotopic (exact) mass is 270 g/mol. The predicted molar refractivity (Wildman–Crippen MR) is 64.9 cm³/mol. The van der Waals surface area contributed by atoms with E-state index in [0.29, 0.717) is 4.47 Å². The largest absolute Gasteiger partial charge is 0.298 e.